The molecule has 0 saturated heterocycles. The smallest absolute Gasteiger partial charge is 0.237 e. The molecule has 0 atom stereocenters. The van der Waals surface area contributed by atoms with Crippen LogP contribution in [0.2, 0.25) is 0 Å². The van der Waals surface area contributed by atoms with Gasteiger partial charge in [0.1, 0.15) is 0 Å². The SMILES string of the molecule is CCN(NC(=N)N)C(C)=O. The van der Waals surface area contributed by atoms with Crippen LogP contribution in [-0.4, -0.2) is 23.4 Å². The molecule has 0 spiro atoms. The van der Waals surface area contributed by atoms with Crippen LogP contribution in [0.15, 0.2) is 0 Å². The predicted molar refractivity (Wildman–Crippen MR) is 38.1 cm³/mol. The second-order valence-electron chi connectivity index (χ2n) is 1.79. The molecular formula is C5H12N4O. The largest absolute Gasteiger partial charge is 0.369 e. The van der Waals surface area contributed by atoms with Crippen molar-refractivity contribution in [3.05, 3.63) is 0 Å². The molecule has 0 aliphatic rings. The van der Waals surface area contributed by atoms with E-state index in [0.29, 0.717) is 6.54 Å². The van der Waals surface area contributed by atoms with Crippen LogP contribution in [0.3, 0.4) is 0 Å². The van der Waals surface area contributed by atoms with E-state index < -0.39 is 0 Å². The number of nitrogens with two attached hydrogens (primary N) is 1. The molecule has 5 nitrogen and oxygen atoms in total. The van der Waals surface area contributed by atoms with E-state index in [9.17, 15) is 4.79 Å². The highest BCUT2D eigenvalue weighted by Gasteiger charge is 2.03. The van der Waals surface area contributed by atoms with Crippen LogP contribution in [0.4, 0.5) is 0 Å². The zero-order valence-electron chi connectivity index (χ0n) is 6.14. The molecule has 1 amide bonds. The Labute approximate surface area is 59.7 Å². The van der Waals surface area contributed by atoms with Crippen molar-refractivity contribution in [3.8, 4) is 0 Å². The Morgan fingerprint density at radius 2 is 2.30 bits per heavy atom. The lowest BCUT2D eigenvalue weighted by molar-refractivity contribution is -0.130. The molecule has 0 aliphatic heterocycles. The Balaban J connectivity index is 3.83. The summed E-state index contributed by atoms with van der Waals surface area (Å²) >= 11 is 0. The van der Waals surface area contributed by atoms with Crippen molar-refractivity contribution in [1.29, 1.82) is 5.41 Å². The molecule has 58 valence electrons. The Hall–Kier alpha value is -1.26. The summed E-state index contributed by atoms with van der Waals surface area (Å²) in [6.45, 7) is 3.69. The number of nitrogens with zero attached hydrogens (tertiary/aromatic N) is 1. The zero-order chi connectivity index (χ0) is 8.15. The highest BCUT2D eigenvalue weighted by Crippen LogP contribution is 1.80. The number of hydrogen-bond acceptors (Lipinski definition) is 2. The lowest BCUT2D eigenvalue weighted by Crippen LogP contribution is -2.47. The van der Waals surface area contributed by atoms with Crippen LogP contribution in [0.25, 0.3) is 0 Å². The maximum atomic E-state index is 10.6. The fourth-order valence-corrected chi connectivity index (χ4v) is 0.526. The Morgan fingerprint density at radius 1 is 1.80 bits per heavy atom. The van der Waals surface area contributed by atoms with E-state index in [1.165, 1.54) is 11.9 Å². The molecule has 0 unspecified atom stereocenters. The van der Waals surface area contributed by atoms with E-state index in [-0.39, 0.29) is 11.9 Å². The van der Waals surface area contributed by atoms with Gasteiger partial charge in [-0.2, -0.15) is 0 Å². The van der Waals surface area contributed by atoms with Crippen LogP contribution in [0.1, 0.15) is 13.8 Å². The summed E-state index contributed by atoms with van der Waals surface area (Å²) in [7, 11) is 0. The van der Waals surface area contributed by atoms with Gasteiger partial charge in [-0.15, -0.1) is 0 Å². The van der Waals surface area contributed by atoms with E-state index in [2.05, 4.69) is 5.43 Å². The predicted octanol–water partition coefficient (Wildman–Crippen LogP) is -0.747. The van der Waals surface area contributed by atoms with Gasteiger partial charge in [-0.05, 0) is 6.92 Å². The van der Waals surface area contributed by atoms with Crippen molar-refractivity contribution in [3.63, 3.8) is 0 Å². The van der Waals surface area contributed by atoms with E-state index in [1.54, 1.807) is 6.92 Å². The van der Waals surface area contributed by atoms with Gasteiger partial charge < -0.3 is 5.73 Å². The van der Waals surface area contributed by atoms with Gasteiger partial charge in [0, 0.05) is 13.5 Å². The lowest BCUT2D eigenvalue weighted by atomic mass is 10.6. The third-order valence-electron chi connectivity index (χ3n) is 0.952. The van der Waals surface area contributed by atoms with Crippen LogP contribution >= 0.6 is 0 Å². The second-order valence-corrected chi connectivity index (χ2v) is 1.79. The van der Waals surface area contributed by atoms with E-state index in [0.717, 1.165) is 0 Å². The number of hydrogen-bond donors (Lipinski definition) is 3. The van der Waals surface area contributed by atoms with Gasteiger partial charge in [0.15, 0.2) is 0 Å². The van der Waals surface area contributed by atoms with Gasteiger partial charge in [-0.25, -0.2) is 0 Å². The van der Waals surface area contributed by atoms with Crippen LogP contribution in [-0.2, 0) is 4.79 Å². The number of carbonyl (C=O) groups excluding carboxylic acids is 1. The Bertz CT molecular complexity index is 145. The first-order chi connectivity index (χ1) is 4.57. The first-order valence-corrected chi connectivity index (χ1v) is 2.96. The summed E-state index contributed by atoms with van der Waals surface area (Å²) in [6.07, 6.45) is 0. The highest BCUT2D eigenvalue weighted by molar-refractivity contribution is 5.79. The molecule has 0 heterocycles. The number of nitrogens with one attached hydrogen (secondary N) is 2. The number of guanidine groups is 1. The van der Waals surface area contributed by atoms with Crippen molar-refractivity contribution < 1.29 is 4.79 Å². The first-order valence-electron chi connectivity index (χ1n) is 2.96. The summed E-state index contributed by atoms with van der Waals surface area (Å²) < 4.78 is 0. The number of amides is 1. The van der Waals surface area contributed by atoms with Crippen molar-refractivity contribution in [2.45, 2.75) is 13.8 Å². The van der Waals surface area contributed by atoms with E-state index in [1.807, 2.05) is 0 Å². The van der Waals surface area contributed by atoms with Gasteiger partial charge in [-0.1, -0.05) is 0 Å². The molecule has 4 N–H and O–H groups in total. The average Bonchev–Trinajstić information content (AvgIpc) is 1.81. The molecule has 0 saturated carbocycles. The lowest BCUT2D eigenvalue weighted by Gasteiger charge is -2.18. The second kappa shape index (κ2) is 3.71. The summed E-state index contributed by atoms with van der Waals surface area (Å²) in [6, 6.07) is 0. The first kappa shape index (κ1) is 8.74. The maximum Gasteiger partial charge on any atom is 0.237 e. The van der Waals surface area contributed by atoms with Crippen LogP contribution in [0.5, 0.6) is 0 Å². The fraction of sp³-hybridized carbons (Fsp3) is 0.600. The third kappa shape index (κ3) is 2.91. The third-order valence-corrected chi connectivity index (χ3v) is 0.952. The maximum absolute atomic E-state index is 10.6. The summed E-state index contributed by atoms with van der Waals surface area (Å²) in [5.41, 5.74) is 7.36. The van der Waals surface area contributed by atoms with Gasteiger partial charge in [0.25, 0.3) is 0 Å². The van der Waals surface area contributed by atoms with Gasteiger partial charge in [-0.3, -0.25) is 20.6 Å². The molecule has 0 rings (SSSR count). The quantitative estimate of drug-likeness (QED) is 0.257. The van der Waals surface area contributed by atoms with Gasteiger partial charge in [0.2, 0.25) is 11.9 Å². The number of carbonyl (C=O) groups is 1. The molecule has 0 aromatic heterocycles. The molecule has 0 radical (unpaired) electrons. The average molecular weight is 144 g/mol. The summed E-state index contributed by atoms with van der Waals surface area (Å²) in [5.74, 6) is -0.380. The molecule has 5 heteroatoms. The van der Waals surface area contributed by atoms with Crippen molar-refractivity contribution in [1.82, 2.24) is 10.4 Å². The Kier molecular flexibility index (Phi) is 3.24. The molecule has 0 aromatic rings. The minimum atomic E-state index is -0.225. The fourth-order valence-electron chi connectivity index (χ4n) is 0.526. The molecule has 0 fully saturated rings. The topological polar surface area (TPSA) is 82.2 Å². The van der Waals surface area contributed by atoms with E-state index >= 15 is 0 Å². The molecule has 10 heavy (non-hydrogen) atoms. The van der Waals surface area contributed by atoms with Crippen LogP contribution in [0, 0.1) is 5.41 Å². The minimum absolute atomic E-state index is 0.155. The minimum Gasteiger partial charge on any atom is -0.369 e. The van der Waals surface area contributed by atoms with Crippen molar-refractivity contribution in [2.75, 3.05) is 6.54 Å². The van der Waals surface area contributed by atoms with Crippen molar-refractivity contribution >= 4 is 11.9 Å². The van der Waals surface area contributed by atoms with E-state index in [4.69, 9.17) is 11.1 Å². The summed E-state index contributed by atoms with van der Waals surface area (Å²) in [5, 5.41) is 8.05. The summed E-state index contributed by atoms with van der Waals surface area (Å²) in [4.78, 5) is 10.6. The van der Waals surface area contributed by atoms with Crippen molar-refractivity contribution in [2.24, 2.45) is 5.73 Å². The molecular weight excluding hydrogens is 132 g/mol. The molecule has 0 bridgehead atoms. The standard InChI is InChI=1S/C5H12N4O/c1-3-9(4(2)10)8-5(6)7/h3H2,1-2H3,(H4,6,7,8). The number of rotatable bonds is 1. The zero-order valence-corrected chi connectivity index (χ0v) is 6.14. The van der Waals surface area contributed by atoms with Gasteiger partial charge >= 0.3 is 0 Å². The van der Waals surface area contributed by atoms with Crippen LogP contribution < -0.4 is 11.2 Å². The molecule has 0 aromatic carbocycles. The highest BCUT2D eigenvalue weighted by atomic mass is 16.2. The monoisotopic (exact) mass is 144 g/mol. The Morgan fingerprint density at radius 3 is 2.40 bits per heavy atom. The normalized spacial score (nSPS) is 8.60. The van der Waals surface area contributed by atoms with Gasteiger partial charge in [0.05, 0.1) is 0 Å². The number of hydrazine groups is 1. The molecule has 0 aliphatic carbocycles.